The van der Waals surface area contributed by atoms with Gasteiger partial charge in [-0.15, -0.1) is 0 Å². The van der Waals surface area contributed by atoms with Gasteiger partial charge in [0.05, 0.1) is 11.3 Å². The number of ether oxygens (including phenoxy) is 1. The molecular formula is C23H18F4N2O4. The van der Waals surface area contributed by atoms with Crippen LogP contribution in [0.25, 0.3) is 0 Å². The summed E-state index contributed by atoms with van der Waals surface area (Å²) in [7, 11) is 0. The zero-order chi connectivity index (χ0) is 23.6. The molecule has 3 aromatic rings. The summed E-state index contributed by atoms with van der Waals surface area (Å²) >= 11 is 0. The average Bonchev–Trinajstić information content (AvgIpc) is 3.51. The van der Waals surface area contributed by atoms with Crippen molar-refractivity contribution in [3.8, 4) is 5.75 Å². The molecule has 10 heteroatoms. The Morgan fingerprint density at radius 2 is 1.73 bits per heavy atom. The van der Waals surface area contributed by atoms with Crippen molar-refractivity contribution < 1.29 is 36.3 Å². The standard InChI is InChI=1S/C23H18F4N2O4/c24-14-3-6-16(7-4-14)32-12-17-8-10-20(33-17)22(31)29-19-9-5-15(11-18(19)23(25,26)27)28-21(30)13-1-2-13/h3-11,13H,1-2,12H2,(H,28,30)(H,29,31). The van der Waals surface area contributed by atoms with E-state index in [1.54, 1.807) is 0 Å². The van der Waals surface area contributed by atoms with Crippen molar-refractivity contribution in [1.29, 1.82) is 0 Å². The highest BCUT2D eigenvalue weighted by atomic mass is 19.4. The summed E-state index contributed by atoms with van der Waals surface area (Å²) in [5.41, 5.74) is -1.58. The number of carbonyl (C=O) groups is 2. The van der Waals surface area contributed by atoms with E-state index in [1.807, 2.05) is 0 Å². The Hall–Kier alpha value is -3.82. The van der Waals surface area contributed by atoms with E-state index in [2.05, 4.69) is 10.6 Å². The van der Waals surface area contributed by atoms with Crippen LogP contribution in [0.15, 0.2) is 59.0 Å². The molecule has 0 bridgehead atoms. The SMILES string of the molecule is O=C(Nc1ccc(NC(=O)C2CC2)cc1C(F)(F)F)c1ccc(COc2ccc(F)cc2)o1. The molecule has 0 spiro atoms. The zero-order valence-corrected chi connectivity index (χ0v) is 17.0. The predicted octanol–water partition coefficient (Wildman–Crippen LogP) is 5.62. The Balaban J connectivity index is 1.44. The number of anilines is 2. The zero-order valence-electron chi connectivity index (χ0n) is 17.0. The maximum atomic E-state index is 13.6. The van der Waals surface area contributed by atoms with Gasteiger partial charge in [0.15, 0.2) is 5.76 Å². The topological polar surface area (TPSA) is 80.6 Å². The van der Waals surface area contributed by atoms with Crippen molar-refractivity contribution in [2.75, 3.05) is 10.6 Å². The summed E-state index contributed by atoms with van der Waals surface area (Å²) in [6.07, 6.45) is -3.33. The second kappa shape index (κ2) is 8.97. The van der Waals surface area contributed by atoms with Crippen LogP contribution in [0.2, 0.25) is 0 Å². The number of rotatable bonds is 7. The third kappa shape index (κ3) is 5.71. The number of halogens is 4. The first-order chi connectivity index (χ1) is 15.7. The fourth-order valence-electron chi connectivity index (χ4n) is 3.00. The highest BCUT2D eigenvalue weighted by Gasteiger charge is 2.35. The normalized spacial score (nSPS) is 13.5. The second-order valence-corrected chi connectivity index (χ2v) is 7.48. The van der Waals surface area contributed by atoms with Crippen molar-refractivity contribution >= 4 is 23.2 Å². The van der Waals surface area contributed by atoms with Crippen LogP contribution in [0.5, 0.6) is 5.75 Å². The molecule has 0 aliphatic heterocycles. The molecular weight excluding hydrogens is 444 g/mol. The van der Waals surface area contributed by atoms with Crippen molar-refractivity contribution in [2.24, 2.45) is 5.92 Å². The molecule has 1 aromatic heterocycles. The molecule has 0 unspecified atom stereocenters. The number of hydrogen-bond donors (Lipinski definition) is 2. The molecule has 2 N–H and O–H groups in total. The van der Waals surface area contributed by atoms with Crippen molar-refractivity contribution in [3.05, 3.63) is 77.5 Å². The molecule has 33 heavy (non-hydrogen) atoms. The van der Waals surface area contributed by atoms with Crippen molar-refractivity contribution in [3.63, 3.8) is 0 Å². The van der Waals surface area contributed by atoms with Crippen LogP contribution in [-0.2, 0) is 17.6 Å². The third-order valence-corrected chi connectivity index (χ3v) is 4.87. The average molecular weight is 462 g/mol. The Labute approximate surface area is 185 Å². The smallest absolute Gasteiger partial charge is 0.418 e. The summed E-state index contributed by atoms with van der Waals surface area (Å²) in [5.74, 6) is -1.39. The lowest BCUT2D eigenvalue weighted by Crippen LogP contribution is -2.18. The van der Waals surface area contributed by atoms with Crippen LogP contribution in [0.3, 0.4) is 0 Å². The number of furan rings is 1. The summed E-state index contributed by atoms with van der Waals surface area (Å²) in [4.78, 5) is 24.3. The van der Waals surface area contributed by atoms with Gasteiger partial charge in [0.2, 0.25) is 5.91 Å². The first-order valence-corrected chi connectivity index (χ1v) is 9.99. The minimum Gasteiger partial charge on any atom is -0.486 e. The molecule has 2 amide bonds. The molecule has 1 fully saturated rings. The Morgan fingerprint density at radius 1 is 1.00 bits per heavy atom. The minimum absolute atomic E-state index is 0.00421. The molecule has 0 atom stereocenters. The quantitative estimate of drug-likeness (QED) is 0.447. The Morgan fingerprint density at radius 3 is 2.39 bits per heavy atom. The van der Waals surface area contributed by atoms with Gasteiger partial charge >= 0.3 is 6.18 Å². The summed E-state index contributed by atoms with van der Waals surface area (Å²) in [6, 6.07) is 11.2. The Kier molecular flexibility index (Phi) is 6.08. The van der Waals surface area contributed by atoms with Gasteiger partial charge in [0.1, 0.15) is 23.9 Å². The van der Waals surface area contributed by atoms with Crippen molar-refractivity contribution in [2.45, 2.75) is 25.6 Å². The van der Waals surface area contributed by atoms with E-state index in [1.165, 1.54) is 42.5 Å². The molecule has 6 nitrogen and oxygen atoms in total. The van der Waals surface area contributed by atoms with Crippen LogP contribution in [0.1, 0.15) is 34.7 Å². The number of alkyl halides is 3. The van der Waals surface area contributed by atoms with Gasteiger partial charge in [-0.05, 0) is 67.4 Å². The lowest BCUT2D eigenvalue weighted by Gasteiger charge is -2.15. The van der Waals surface area contributed by atoms with Crippen LogP contribution in [0.4, 0.5) is 28.9 Å². The molecule has 1 aliphatic rings. The second-order valence-electron chi connectivity index (χ2n) is 7.48. The summed E-state index contributed by atoms with van der Waals surface area (Å²) in [5, 5.41) is 4.65. The van der Waals surface area contributed by atoms with Gasteiger partial charge < -0.3 is 19.8 Å². The van der Waals surface area contributed by atoms with Crippen LogP contribution < -0.4 is 15.4 Å². The van der Waals surface area contributed by atoms with Gasteiger partial charge in [-0.3, -0.25) is 9.59 Å². The monoisotopic (exact) mass is 462 g/mol. The number of nitrogens with one attached hydrogen (secondary N) is 2. The van der Waals surface area contributed by atoms with E-state index in [0.29, 0.717) is 18.6 Å². The maximum absolute atomic E-state index is 13.6. The van der Waals surface area contributed by atoms with Gasteiger partial charge in [0.25, 0.3) is 5.91 Å². The van der Waals surface area contributed by atoms with E-state index in [9.17, 15) is 27.2 Å². The molecule has 172 valence electrons. The number of benzene rings is 2. The largest absolute Gasteiger partial charge is 0.486 e. The van der Waals surface area contributed by atoms with E-state index >= 15 is 0 Å². The predicted molar refractivity (Wildman–Crippen MR) is 110 cm³/mol. The van der Waals surface area contributed by atoms with E-state index < -0.39 is 29.2 Å². The molecule has 0 radical (unpaired) electrons. The lowest BCUT2D eigenvalue weighted by molar-refractivity contribution is -0.137. The maximum Gasteiger partial charge on any atom is 0.418 e. The van der Waals surface area contributed by atoms with Gasteiger partial charge in [0, 0.05) is 11.6 Å². The fraction of sp³-hybridized carbons (Fsp3) is 0.217. The van der Waals surface area contributed by atoms with E-state index in [-0.39, 0.29) is 35.6 Å². The summed E-state index contributed by atoms with van der Waals surface area (Å²) < 4.78 is 64.3. The van der Waals surface area contributed by atoms with Gasteiger partial charge in [-0.1, -0.05) is 0 Å². The van der Waals surface area contributed by atoms with Crippen LogP contribution >= 0.6 is 0 Å². The van der Waals surface area contributed by atoms with Crippen molar-refractivity contribution in [1.82, 2.24) is 0 Å². The molecule has 1 aliphatic carbocycles. The van der Waals surface area contributed by atoms with Crippen LogP contribution in [-0.4, -0.2) is 11.8 Å². The van der Waals surface area contributed by atoms with Crippen LogP contribution in [0, 0.1) is 11.7 Å². The molecule has 1 heterocycles. The third-order valence-electron chi connectivity index (χ3n) is 4.87. The molecule has 0 saturated heterocycles. The van der Waals surface area contributed by atoms with E-state index in [4.69, 9.17) is 9.15 Å². The molecule has 1 saturated carbocycles. The lowest BCUT2D eigenvalue weighted by atomic mass is 10.1. The first-order valence-electron chi connectivity index (χ1n) is 9.99. The molecule has 4 rings (SSSR count). The fourth-order valence-corrected chi connectivity index (χ4v) is 3.00. The number of hydrogen-bond acceptors (Lipinski definition) is 4. The Bertz CT molecular complexity index is 1170. The highest BCUT2D eigenvalue weighted by molar-refractivity contribution is 6.03. The highest BCUT2D eigenvalue weighted by Crippen LogP contribution is 2.37. The number of carbonyl (C=O) groups excluding carboxylic acids is 2. The van der Waals surface area contributed by atoms with Gasteiger partial charge in [-0.2, -0.15) is 13.2 Å². The van der Waals surface area contributed by atoms with E-state index in [0.717, 1.165) is 12.1 Å². The minimum atomic E-state index is -4.76. The van der Waals surface area contributed by atoms with Gasteiger partial charge in [-0.25, -0.2) is 4.39 Å². The number of amides is 2. The molecule has 2 aromatic carbocycles. The summed E-state index contributed by atoms with van der Waals surface area (Å²) in [6.45, 7) is -0.0674. The first kappa shape index (κ1) is 22.4.